The molecule has 1 heterocycles. The lowest BCUT2D eigenvalue weighted by atomic mass is 10.1. The van der Waals surface area contributed by atoms with Crippen molar-refractivity contribution < 1.29 is 28.8 Å². The van der Waals surface area contributed by atoms with Gasteiger partial charge in [0.05, 0.1) is 23.5 Å². The number of nitro benzene ring substituents is 1. The van der Waals surface area contributed by atoms with Crippen LogP contribution in [0.4, 0.5) is 10.7 Å². The number of carbonyl (C=O) groups excluding carboxylic acids is 3. The molecule has 0 atom stereocenters. The molecule has 0 fully saturated rings. The van der Waals surface area contributed by atoms with E-state index in [0.717, 1.165) is 11.3 Å². The number of para-hydroxylation sites is 1. The van der Waals surface area contributed by atoms with Crippen LogP contribution < -0.4 is 5.32 Å². The van der Waals surface area contributed by atoms with Gasteiger partial charge in [-0.25, -0.2) is 9.59 Å². The standard InChI is InChI=1S/C20H20N2O7S/c1-4-10-29-20(25)17-12(3)16(19(24)28-5-2)18(30-17)21-15(23)11-13-8-6-7-9-14(13)22(26)27/h4,6-9H,1,5,10-11H2,2-3H3,(H,21,23). The van der Waals surface area contributed by atoms with Crippen LogP contribution in [0.25, 0.3) is 0 Å². The molecule has 2 aromatic rings. The maximum atomic E-state index is 12.5. The first-order chi connectivity index (χ1) is 14.3. The van der Waals surface area contributed by atoms with Crippen molar-refractivity contribution in [3.8, 4) is 0 Å². The summed E-state index contributed by atoms with van der Waals surface area (Å²) in [6.45, 7) is 6.74. The number of carbonyl (C=O) groups is 3. The molecule has 0 spiro atoms. The fourth-order valence-electron chi connectivity index (χ4n) is 2.63. The van der Waals surface area contributed by atoms with E-state index in [1.165, 1.54) is 24.3 Å². The van der Waals surface area contributed by atoms with Crippen LogP contribution in [0.15, 0.2) is 36.9 Å². The quantitative estimate of drug-likeness (QED) is 0.277. The molecule has 158 valence electrons. The Labute approximate surface area is 176 Å². The van der Waals surface area contributed by atoms with Crippen LogP contribution in [-0.4, -0.2) is 36.0 Å². The van der Waals surface area contributed by atoms with Crippen molar-refractivity contribution >= 4 is 39.9 Å². The molecule has 1 amide bonds. The average molecular weight is 432 g/mol. The summed E-state index contributed by atoms with van der Waals surface area (Å²) < 4.78 is 10.1. The first-order valence-corrected chi connectivity index (χ1v) is 9.72. The summed E-state index contributed by atoms with van der Waals surface area (Å²) in [6, 6.07) is 5.86. The van der Waals surface area contributed by atoms with Crippen LogP contribution >= 0.6 is 11.3 Å². The maximum Gasteiger partial charge on any atom is 0.348 e. The van der Waals surface area contributed by atoms with E-state index in [0.29, 0.717) is 5.56 Å². The van der Waals surface area contributed by atoms with Gasteiger partial charge >= 0.3 is 11.9 Å². The molecule has 1 aromatic heterocycles. The molecule has 0 bridgehead atoms. The van der Waals surface area contributed by atoms with Crippen molar-refractivity contribution in [1.82, 2.24) is 0 Å². The summed E-state index contributed by atoms with van der Waals surface area (Å²) >= 11 is 0.873. The fourth-order valence-corrected chi connectivity index (χ4v) is 3.73. The van der Waals surface area contributed by atoms with Crippen molar-refractivity contribution in [2.45, 2.75) is 20.3 Å². The van der Waals surface area contributed by atoms with Gasteiger partial charge in [0.1, 0.15) is 16.5 Å². The first kappa shape index (κ1) is 22.8. The van der Waals surface area contributed by atoms with Gasteiger partial charge in [0.15, 0.2) is 0 Å². The van der Waals surface area contributed by atoms with E-state index in [1.54, 1.807) is 19.9 Å². The Bertz CT molecular complexity index is 997. The smallest absolute Gasteiger partial charge is 0.348 e. The number of ether oxygens (including phenoxy) is 2. The molecule has 9 nitrogen and oxygen atoms in total. The lowest BCUT2D eigenvalue weighted by Gasteiger charge is -2.07. The summed E-state index contributed by atoms with van der Waals surface area (Å²) in [5, 5.41) is 13.8. The van der Waals surface area contributed by atoms with E-state index >= 15 is 0 Å². The molecule has 0 saturated carbocycles. The number of hydrogen-bond acceptors (Lipinski definition) is 8. The average Bonchev–Trinajstić information content (AvgIpc) is 3.02. The van der Waals surface area contributed by atoms with Gasteiger partial charge in [0.25, 0.3) is 5.69 Å². The van der Waals surface area contributed by atoms with Gasteiger partial charge in [-0.1, -0.05) is 30.9 Å². The number of thiophene rings is 1. The summed E-state index contributed by atoms with van der Waals surface area (Å²) in [7, 11) is 0. The van der Waals surface area contributed by atoms with Gasteiger partial charge in [0, 0.05) is 11.6 Å². The predicted molar refractivity (Wildman–Crippen MR) is 111 cm³/mol. The van der Waals surface area contributed by atoms with Crippen LogP contribution in [0, 0.1) is 17.0 Å². The molecule has 0 unspecified atom stereocenters. The molecule has 0 radical (unpaired) electrons. The zero-order valence-corrected chi connectivity index (χ0v) is 17.2. The molecule has 0 aliphatic carbocycles. The van der Waals surface area contributed by atoms with E-state index in [2.05, 4.69) is 11.9 Å². The summed E-state index contributed by atoms with van der Waals surface area (Å²) in [4.78, 5) is 47.9. The van der Waals surface area contributed by atoms with E-state index in [-0.39, 0.29) is 46.3 Å². The Morgan fingerprint density at radius 3 is 2.57 bits per heavy atom. The van der Waals surface area contributed by atoms with Crippen LogP contribution in [0.5, 0.6) is 0 Å². The minimum atomic E-state index is -0.699. The minimum Gasteiger partial charge on any atom is -0.462 e. The zero-order valence-electron chi connectivity index (χ0n) is 16.4. The number of nitro groups is 1. The molecule has 1 aromatic carbocycles. The Kier molecular flexibility index (Phi) is 7.82. The second kappa shape index (κ2) is 10.3. The topological polar surface area (TPSA) is 125 Å². The Hall–Kier alpha value is -3.53. The second-order valence-electron chi connectivity index (χ2n) is 5.98. The highest BCUT2D eigenvalue weighted by atomic mass is 32.1. The van der Waals surface area contributed by atoms with E-state index in [9.17, 15) is 24.5 Å². The molecule has 10 heteroatoms. The highest BCUT2D eigenvalue weighted by Crippen LogP contribution is 2.34. The Morgan fingerprint density at radius 2 is 1.93 bits per heavy atom. The van der Waals surface area contributed by atoms with Gasteiger partial charge < -0.3 is 14.8 Å². The Morgan fingerprint density at radius 1 is 1.23 bits per heavy atom. The highest BCUT2D eigenvalue weighted by molar-refractivity contribution is 7.18. The number of benzene rings is 1. The summed E-state index contributed by atoms with van der Waals surface area (Å²) in [5.41, 5.74) is 0.391. The molecular formula is C20H20N2O7S. The van der Waals surface area contributed by atoms with Crippen LogP contribution in [0.2, 0.25) is 0 Å². The van der Waals surface area contributed by atoms with Crippen molar-refractivity contribution in [2.24, 2.45) is 0 Å². The monoisotopic (exact) mass is 432 g/mol. The molecule has 0 aliphatic heterocycles. The second-order valence-corrected chi connectivity index (χ2v) is 7.00. The van der Waals surface area contributed by atoms with E-state index in [4.69, 9.17) is 9.47 Å². The van der Waals surface area contributed by atoms with Gasteiger partial charge in [-0.2, -0.15) is 0 Å². The van der Waals surface area contributed by atoms with Crippen molar-refractivity contribution in [1.29, 1.82) is 0 Å². The van der Waals surface area contributed by atoms with Gasteiger partial charge in [-0.3, -0.25) is 14.9 Å². The van der Waals surface area contributed by atoms with Crippen LogP contribution in [-0.2, 0) is 20.7 Å². The molecule has 0 saturated heterocycles. The number of amides is 1. The molecule has 30 heavy (non-hydrogen) atoms. The van der Waals surface area contributed by atoms with E-state index < -0.39 is 22.8 Å². The van der Waals surface area contributed by atoms with Crippen molar-refractivity contribution in [3.05, 3.63) is 68.6 Å². The number of nitrogens with one attached hydrogen (secondary N) is 1. The molecule has 2 rings (SSSR count). The number of nitrogens with zero attached hydrogens (tertiary/aromatic N) is 1. The third-order valence-corrected chi connectivity index (χ3v) is 5.12. The molecule has 1 N–H and O–H groups in total. The molecule has 0 aliphatic rings. The van der Waals surface area contributed by atoms with Gasteiger partial charge in [-0.15, -0.1) is 11.3 Å². The summed E-state index contributed by atoms with van der Waals surface area (Å²) in [6.07, 6.45) is 1.12. The van der Waals surface area contributed by atoms with Crippen molar-refractivity contribution in [3.63, 3.8) is 0 Å². The lowest BCUT2D eigenvalue weighted by molar-refractivity contribution is -0.385. The number of hydrogen-bond donors (Lipinski definition) is 1. The van der Waals surface area contributed by atoms with E-state index in [1.807, 2.05) is 0 Å². The third kappa shape index (κ3) is 5.29. The SMILES string of the molecule is C=CCOC(=O)c1sc(NC(=O)Cc2ccccc2[N+](=O)[O-])c(C(=O)OCC)c1C. The van der Waals surface area contributed by atoms with Gasteiger partial charge in [0.2, 0.25) is 5.91 Å². The zero-order chi connectivity index (χ0) is 22.3. The Balaban J connectivity index is 2.34. The first-order valence-electron chi connectivity index (χ1n) is 8.90. The molecular weight excluding hydrogens is 412 g/mol. The number of rotatable bonds is 9. The normalized spacial score (nSPS) is 10.2. The highest BCUT2D eigenvalue weighted by Gasteiger charge is 2.27. The van der Waals surface area contributed by atoms with Crippen molar-refractivity contribution in [2.75, 3.05) is 18.5 Å². The van der Waals surface area contributed by atoms with Crippen LogP contribution in [0.3, 0.4) is 0 Å². The number of esters is 2. The largest absolute Gasteiger partial charge is 0.462 e. The minimum absolute atomic E-state index is 0.00964. The van der Waals surface area contributed by atoms with Gasteiger partial charge in [-0.05, 0) is 19.4 Å². The fraction of sp³-hybridized carbons (Fsp3) is 0.250. The lowest BCUT2D eigenvalue weighted by Crippen LogP contribution is -2.17. The maximum absolute atomic E-state index is 12.5. The number of anilines is 1. The predicted octanol–water partition coefficient (Wildman–Crippen LogP) is 3.67. The van der Waals surface area contributed by atoms with Crippen LogP contribution in [0.1, 0.15) is 38.1 Å². The third-order valence-electron chi connectivity index (χ3n) is 3.94. The summed E-state index contributed by atoms with van der Waals surface area (Å²) in [5.74, 6) is -1.95.